The van der Waals surface area contributed by atoms with Gasteiger partial charge in [-0.15, -0.1) is 0 Å². The van der Waals surface area contributed by atoms with E-state index in [-0.39, 0.29) is 24.5 Å². The number of ketones is 1. The van der Waals surface area contributed by atoms with Crippen LogP contribution >= 0.6 is 11.6 Å². The van der Waals surface area contributed by atoms with Crippen molar-refractivity contribution in [1.29, 1.82) is 0 Å². The molecule has 1 amide bonds. The minimum Gasteiger partial charge on any atom is -0.350 e. The van der Waals surface area contributed by atoms with E-state index < -0.39 is 0 Å². The van der Waals surface area contributed by atoms with E-state index in [0.29, 0.717) is 17.1 Å². The summed E-state index contributed by atoms with van der Waals surface area (Å²) >= 11 is 5.80. The summed E-state index contributed by atoms with van der Waals surface area (Å²) in [6, 6.07) is 12.5. The summed E-state index contributed by atoms with van der Waals surface area (Å²) in [5.74, 6) is -0.244. The molecule has 0 spiro atoms. The van der Waals surface area contributed by atoms with Crippen LogP contribution in [0, 0.1) is 6.92 Å². The molecule has 3 aromatic rings. The fourth-order valence-electron chi connectivity index (χ4n) is 2.57. The highest BCUT2D eigenvalue weighted by atomic mass is 35.5. The van der Waals surface area contributed by atoms with Crippen LogP contribution in [0.3, 0.4) is 0 Å². The van der Waals surface area contributed by atoms with Gasteiger partial charge in [-0.05, 0) is 43.3 Å². The Balaban J connectivity index is 1.51. The number of carbonyl (C=O) groups is 2. The van der Waals surface area contributed by atoms with E-state index in [2.05, 4.69) is 10.3 Å². The molecule has 5 nitrogen and oxygen atoms in total. The van der Waals surface area contributed by atoms with Crippen LogP contribution in [0.25, 0.3) is 5.65 Å². The van der Waals surface area contributed by atoms with Crippen molar-refractivity contribution in [3.8, 4) is 0 Å². The predicted octanol–water partition coefficient (Wildman–Crippen LogP) is 3.58. The molecule has 0 saturated heterocycles. The van der Waals surface area contributed by atoms with Crippen molar-refractivity contribution in [2.24, 2.45) is 0 Å². The van der Waals surface area contributed by atoms with Crippen LogP contribution in [-0.4, -0.2) is 21.1 Å². The molecule has 0 atom stereocenters. The van der Waals surface area contributed by atoms with E-state index >= 15 is 0 Å². The number of benzene rings is 1. The van der Waals surface area contributed by atoms with Gasteiger partial charge in [0.25, 0.3) is 0 Å². The molecule has 2 heterocycles. The zero-order valence-corrected chi connectivity index (χ0v) is 14.6. The van der Waals surface area contributed by atoms with E-state index in [0.717, 1.165) is 17.0 Å². The normalized spacial score (nSPS) is 10.8. The molecule has 3 rings (SSSR count). The van der Waals surface area contributed by atoms with Crippen molar-refractivity contribution in [3.05, 3.63) is 70.6 Å². The Bertz CT molecular complexity index is 916. The first kappa shape index (κ1) is 17.2. The van der Waals surface area contributed by atoms with Crippen molar-refractivity contribution < 1.29 is 9.59 Å². The van der Waals surface area contributed by atoms with Crippen LogP contribution in [0.1, 0.15) is 34.6 Å². The lowest BCUT2D eigenvalue weighted by molar-refractivity contribution is -0.121. The van der Waals surface area contributed by atoms with Gasteiger partial charge >= 0.3 is 0 Å². The quantitative estimate of drug-likeness (QED) is 0.687. The van der Waals surface area contributed by atoms with Crippen LogP contribution in [-0.2, 0) is 11.3 Å². The Hall–Kier alpha value is -2.66. The smallest absolute Gasteiger partial charge is 0.220 e. The number of rotatable bonds is 6. The third kappa shape index (κ3) is 4.25. The summed E-state index contributed by atoms with van der Waals surface area (Å²) in [5.41, 5.74) is 3.28. The molecule has 0 radical (unpaired) electrons. The van der Waals surface area contributed by atoms with Gasteiger partial charge < -0.3 is 9.72 Å². The number of carbonyl (C=O) groups excluding carboxylic acids is 2. The molecule has 2 aromatic heterocycles. The zero-order chi connectivity index (χ0) is 17.8. The summed E-state index contributed by atoms with van der Waals surface area (Å²) in [7, 11) is 0. The van der Waals surface area contributed by atoms with Gasteiger partial charge in [-0.2, -0.15) is 0 Å². The molecule has 0 bridgehead atoms. The molecular weight excluding hydrogens is 338 g/mol. The van der Waals surface area contributed by atoms with Crippen molar-refractivity contribution in [2.75, 3.05) is 0 Å². The number of nitrogens with zero attached hydrogens (tertiary/aromatic N) is 2. The summed E-state index contributed by atoms with van der Waals surface area (Å²) in [6.45, 7) is 2.34. The molecule has 0 unspecified atom stereocenters. The Morgan fingerprint density at radius 3 is 2.60 bits per heavy atom. The number of halogens is 1. The van der Waals surface area contributed by atoms with Crippen molar-refractivity contribution in [1.82, 2.24) is 14.7 Å². The Labute approximate surface area is 150 Å². The fraction of sp³-hybridized carbons (Fsp3) is 0.211. The minimum absolute atomic E-state index is 0.0739. The SMILES string of the molecule is Cc1cccc2nc(CNC(=O)CCC(=O)c3ccc(Cl)cc3)cn12. The van der Waals surface area contributed by atoms with Crippen molar-refractivity contribution >= 4 is 28.9 Å². The van der Waals surface area contributed by atoms with E-state index in [1.165, 1.54) is 0 Å². The number of aryl methyl sites for hydroxylation is 1. The second kappa shape index (κ2) is 7.49. The number of Topliss-reactive ketones (excluding diaryl/α,β-unsaturated/α-hetero) is 1. The Morgan fingerprint density at radius 2 is 1.88 bits per heavy atom. The van der Waals surface area contributed by atoms with Crippen LogP contribution in [0.5, 0.6) is 0 Å². The largest absolute Gasteiger partial charge is 0.350 e. The third-order valence-electron chi connectivity index (χ3n) is 3.96. The van der Waals surface area contributed by atoms with Gasteiger partial charge in [-0.25, -0.2) is 4.98 Å². The minimum atomic E-state index is -0.170. The molecular formula is C19H18ClN3O2. The molecule has 6 heteroatoms. The van der Waals surface area contributed by atoms with E-state index in [1.807, 2.05) is 35.7 Å². The molecule has 0 aliphatic rings. The molecule has 128 valence electrons. The van der Waals surface area contributed by atoms with Gasteiger partial charge in [0.15, 0.2) is 5.78 Å². The van der Waals surface area contributed by atoms with E-state index in [9.17, 15) is 9.59 Å². The maximum atomic E-state index is 12.1. The maximum Gasteiger partial charge on any atom is 0.220 e. The second-order valence-electron chi connectivity index (χ2n) is 5.83. The van der Waals surface area contributed by atoms with Gasteiger partial charge in [0, 0.05) is 35.3 Å². The number of hydrogen-bond donors (Lipinski definition) is 1. The van der Waals surface area contributed by atoms with Gasteiger partial charge in [-0.1, -0.05) is 17.7 Å². The number of imidazole rings is 1. The summed E-state index contributed by atoms with van der Waals surface area (Å²) in [4.78, 5) is 28.5. The first-order valence-electron chi connectivity index (χ1n) is 8.02. The highest BCUT2D eigenvalue weighted by Gasteiger charge is 2.10. The average molecular weight is 356 g/mol. The molecule has 25 heavy (non-hydrogen) atoms. The topological polar surface area (TPSA) is 63.5 Å². The summed E-state index contributed by atoms with van der Waals surface area (Å²) < 4.78 is 1.98. The van der Waals surface area contributed by atoms with Crippen LogP contribution < -0.4 is 5.32 Å². The summed E-state index contributed by atoms with van der Waals surface area (Å²) in [5, 5.41) is 3.39. The first-order valence-corrected chi connectivity index (χ1v) is 8.40. The number of hydrogen-bond acceptors (Lipinski definition) is 3. The highest BCUT2D eigenvalue weighted by molar-refractivity contribution is 6.30. The zero-order valence-electron chi connectivity index (χ0n) is 13.8. The molecule has 0 aliphatic carbocycles. The van der Waals surface area contributed by atoms with Gasteiger partial charge in [0.05, 0.1) is 12.2 Å². The predicted molar refractivity (Wildman–Crippen MR) is 96.8 cm³/mol. The highest BCUT2D eigenvalue weighted by Crippen LogP contribution is 2.12. The number of amides is 1. The van der Waals surface area contributed by atoms with Gasteiger partial charge in [0.1, 0.15) is 5.65 Å². The fourth-order valence-corrected chi connectivity index (χ4v) is 2.69. The first-order chi connectivity index (χ1) is 12.0. The van der Waals surface area contributed by atoms with E-state index in [1.54, 1.807) is 24.3 Å². The number of nitrogens with one attached hydrogen (secondary N) is 1. The molecule has 0 saturated carbocycles. The molecule has 0 aliphatic heterocycles. The van der Waals surface area contributed by atoms with Crippen LogP contribution in [0.4, 0.5) is 0 Å². The van der Waals surface area contributed by atoms with E-state index in [4.69, 9.17) is 11.6 Å². The average Bonchev–Trinajstić information content (AvgIpc) is 3.03. The van der Waals surface area contributed by atoms with Gasteiger partial charge in [0.2, 0.25) is 5.91 Å². The van der Waals surface area contributed by atoms with Crippen LogP contribution in [0.15, 0.2) is 48.7 Å². The van der Waals surface area contributed by atoms with Crippen molar-refractivity contribution in [2.45, 2.75) is 26.3 Å². The standard InChI is InChI=1S/C19H18ClN3O2/c1-13-3-2-4-18-22-16(12-23(13)18)11-21-19(25)10-9-17(24)14-5-7-15(20)8-6-14/h2-8,12H,9-11H2,1H3,(H,21,25). The number of aromatic nitrogens is 2. The number of pyridine rings is 1. The Morgan fingerprint density at radius 1 is 1.12 bits per heavy atom. The summed E-state index contributed by atoms with van der Waals surface area (Å²) in [6.07, 6.45) is 2.22. The molecule has 0 fully saturated rings. The maximum absolute atomic E-state index is 12.1. The molecule has 1 aromatic carbocycles. The monoisotopic (exact) mass is 355 g/mol. The third-order valence-corrected chi connectivity index (χ3v) is 4.21. The lowest BCUT2D eigenvalue weighted by atomic mass is 10.1. The van der Waals surface area contributed by atoms with Gasteiger partial charge in [-0.3, -0.25) is 9.59 Å². The van der Waals surface area contributed by atoms with Crippen LogP contribution in [0.2, 0.25) is 5.02 Å². The molecule has 1 N–H and O–H groups in total. The lowest BCUT2D eigenvalue weighted by Crippen LogP contribution is -2.23. The lowest BCUT2D eigenvalue weighted by Gasteiger charge is -2.03. The Kier molecular flexibility index (Phi) is 5.14. The number of fused-ring (bicyclic) bond motifs is 1. The van der Waals surface area contributed by atoms with Crippen molar-refractivity contribution in [3.63, 3.8) is 0 Å². The second-order valence-corrected chi connectivity index (χ2v) is 6.27.